The van der Waals surface area contributed by atoms with E-state index in [9.17, 15) is 0 Å². The van der Waals surface area contributed by atoms with Crippen LogP contribution in [0, 0.1) is 0 Å². The number of fused-ring (bicyclic) bond motifs is 13. The van der Waals surface area contributed by atoms with E-state index in [-0.39, 0.29) is 5.41 Å². The Hall–Kier alpha value is -5.77. The molecule has 0 unspecified atom stereocenters. The molecule has 49 heavy (non-hydrogen) atoms. The first-order valence-electron chi connectivity index (χ1n) is 17.0. The van der Waals surface area contributed by atoms with Crippen molar-refractivity contribution in [2.45, 2.75) is 19.3 Å². The van der Waals surface area contributed by atoms with E-state index in [0.717, 1.165) is 22.4 Å². The van der Waals surface area contributed by atoms with Crippen molar-refractivity contribution >= 4 is 69.7 Å². The van der Waals surface area contributed by atoms with Crippen LogP contribution in [0.5, 0.6) is 0 Å². The van der Waals surface area contributed by atoms with Crippen molar-refractivity contribution in [3.8, 4) is 33.5 Å². The van der Waals surface area contributed by atoms with Gasteiger partial charge >= 0.3 is 0 Å². The first kappa shape index (κ1) is 27.2. The van der Waals surface area contributed by atoms with Crippen LogP contribution < -0.4 is 0 Å². The minimum Gasteiger partial charge on any atom is -0.291 e. The van der Waals surface area contributed by atoms with Gasteiger partial charge in [-0.2, -0.15) is 0 Å². The Morgan fingerprint density at radius 3 is 2.12 bits per heavy atom. The van der Waals surface area contributed by atoms with Crippen LogP contribution in [0.2, 0.25) is 0 Å². The fourth-order valence-corrected chi connectivity index (χ4v) is 9.63. The smallest absolute Gasteiger partial charge is 0.156 e. The molecule has 0 bridgehead atoms. The van der Waals surface area contributed by atoms with Crippen molar-refractivity contribution in [3.05, 3.63) is 157 Å². The monoisotopic (exact) mass is 642 g/mol. The maximum Gasteiger partial charge on any atom is 0.156 e. The SMILES string of the molecule is CC1(C)c2ccccc2-c2cc(-c3ccc(-c4cc5c6ccccc6sc5c5nc6c7cc8ccccc8cc7ccc6n45)cc3)ccc21. The zero-order valence-electron chi connectivity index (χ0n) is 27.2. The van der Waals surface area contributed by atoms with Crippen LogP contribution in [0.4, 0.5) is 0 Å². The molecule has 3 heteroatoms. The van der Waals surface area contributed by atoms with Crippen LogP contribution in [0.15, 0.2) is 146 Å². The molecule has 1 aliphatic rings. The molecule has 2 nitrogen and oxygen atoms in total. The predicted octanol–water partition coefficient (Wildman–Crippen LogP) is 12.8. The molecule has 10 aromatic rings. The van der Waals surface area contributed by atoms with Gasteiger partial charge in [0.05, 0.1) is 21.4 Å². The summed E-state index contributed by atoms with van der Waals surface area (Å²) in [6.45, 7) is 4.68. The Morgan fingerprint density at radius 1 is 0.531 bits per heavy atom. The fraction of sp³-hybridized carbons (Fsp3) is 0.0652. The Bertz CT molecular complexity index is 3010. The molecule has 0 saturated carbocycles. The van der Waals surface area contributed by atoms with Crippen LogP contribution in [0.3, 0.4) is 0 Å². The van der Waals surface area contributed by atoms with E-state index in [0.29, 0.717) is 0 Å². The first-order chi connectivity index (χ1) is 24.0. The molecule has 0 atom stereocenters. The van der Waals surface area contributed by atoms with Crippen molar-refractivity contribution in [2.75, 3.05) is 0 Å². The Kier molecular flexibility index (Phi) is 5.36. The summed E-state index contributed by atoms with van der Waals surface area (Å²) < 4.78 is 4.91. The topological polar surface area (TPSA) is 17.3 Å². The summed E-state index contributed by atoms with van der Waals surface area (Å²) >= 11 is 1.84. The Balaban J connectivity index is 1.13. The molecule has 0 amide bonds. The molecule has 0 saturated heterocycles. The number of thiophene rings is 1. The van der Waals surface area contributed by atoms with E-state index < -0.39 is 0 Å². The molecule has 1 aliphatic carbocycles. The lowest BCUT2D eigenvalue weighted by molar-refractivity contribution is 0.660. The van der Waals surface area contributed by atoms with E-state index >= 15 is 0 Å². The first-order valence-corrected chi connectivity index (χ1v) is 17.8. The molecule has 0 spiro atoms. The largest absolute Gasteiger partial charge is 0.291 e. The van der Waals surface area contributed by atoms with E-state index in [1.54, 1.807) is 0 Å². The predicted molar refractivity (Wildman–Crippen MR) is 209 cm³/mol. The average Bonchev–Trinajstić information content (AvgIpc) is 3.79. The lowest BCUT2D eigenvalue weighted by atomic mass is 9.82. The summed E-state index contributed by atoms with van der Waals surface area (Å²) in [6.07, 6.45) is 0. The van der Waals surface area contributed by atoms with E-state index in [1.807, 2.05) is 11.3 Å². The summed E-state index contributed by atoms with van der Waals surface area (Å²) in [7, 11) is 0. The average molecular weight is 643 g/mol. The van der Waals surface area contributed by atoms with Gasteiger partial charge in [-0.25, -0.2) is 4.98 Å². The number of pyridine rings is 1. The van der Waals surface area contributed by atoms with Gasteiger partial charge in [0.2, 0.25) is 0 Å². The number of aromatic nitrogens is 2. The van der Waals surface area contributed by atoms with Crippen molar-refractivity contribution in [2.24, 2.45) is 0 Å². The number of benzene rings is 7. The summed E-state index contributed by atoms with van der Waals surface area (Å²) in [5, 5.41) is 7.44. The fourth-order valence-electron chi connectivity index (χ4n) is 8.47. The maximum absolute atomic E-state index is 5.46. The molecule has 0 aliphatic heterocycles. The number of nitrogens with zero attached hydrogens (tertiary/aromatic N) is 2. The van der Waals surface area contributed by atoms with E-state index in [2.05, 4.69) is 164 Å². The zero-order chi connectivity index (χ0) is 32.4. The molecule has 0 N–H and O–H groups in total. The molecule has 3 heterocycles. The number of imidazole rings is 1. The molecule has 7 aromatic carbocycles. The molecule has 0 fully saturated rings. The molecule has 11 rings (SSSR count). The van der Waals surface area contributed by atoms with Gasteiger partial charge in [0.1, 0.15) is 0 Å². The van der Waals surface area contributed by atoms with Crippen molar-refractivity contribution in [1.29, 1.82) is 0 Å². The lowest BCUT2D eigenvalue weighted by Gasteiger charge is -2.21. The van der Waals surface area contributed by atoms with Crippen LogP contribution in [0.1, 0.15) is 25.0 Å². The van der Waals surface area contributed by atoms with Gasteiger partial charge in [0.25, 0.3) is 0 Å². The molecular weight excluding hydrogens is 613 g/mol. The molecule has 230 valence electrons. The van der Waals surface area contributed by atoms with Gasteiger partial charge in [-0.05, 0) is 91.5 Å². The zero-order valence-corrected chi connectivity index (χ0v) is 28.0. The minimum absolute atomic E-state index is 0.0101. The number of hydrogen-bond acceptors (Lipinski definition) is 2. The van der Waals surface area contributed by atoms with Gasteiger partial charge < -0.3 is 0 Å². The van der Waals surface area contributed by atoms with E-state index in [1.165, 1.54) is 80.7 Å². The second-order valence-electron chi connectivity index (χ2n) is 14.0. The van der Waals surface area contributed by atoms with Crippen molar-refractivity contribution < 1.29 is 0 Å². The van der Waals surface area contributed by atoms with E-state index in [4.69, 9.17) is 4.98 Å². The second-order valence-corrected chi connectivity index (χ2v) is 15.1. The Morgan fingerprint density at radius 2 is 1.24 bits per heavy atom. The van der Waals surface area contributed by atoms with Gasteiger partial charge in [-0.15, -0.1) is 11.3 Å². The molecular formula is C46H30N2S. The van der Waals surface area contributed by atoms with Crippen molar-refractivity contribution in [1.82, 2.24) is 9.38 Å². The highest BCUT2D eigenvalue weighted by molar-refractivity contribution is 7.26. The van der Waals surface area contributed by atoms with Gasteiger partial charge in [-0.3, -0.25) is 4.40 Å². The molecule has 3 aromatic heterocycles. The second kappa shape index (κ2) is 9.65. The summed E-state index contributed by atoms with van der Waals surface area (Å²) in [6, 6.07) is 53.9. The highest BCUT2D eigenvalue weighted by atomic mass is 32.1. The van der Waals surface area contributed by atoms with Crippen LogP contribution in [-0.2, 0) is 5.41 Å². The maximum atomic E-state index is 5.46. The number of rotatable bonds is 2. The lowest BCUT2D eigenvalue weighted by Crippen LogP contribution is -2.14. The number of hydrogen-bond donors (Lipinski definition) is 0. The van der Waals surface area contributed by atoms with Gasteiger partial charge in [-0.1, -0.05) is 123 Å². The highest BCUT2D eigenvalue weighted by Gasteiger charge is 2.35. The summed E-state index contributed by atoms with van der Waals surface area (Å²) in [5.74, 6) is 0. The minimum atomic E-state index is 0.0101. The quantitative estimate of drug-likeness (QED) is 0.172. The normalized spacial score (nSPS) is 13.7. The molecule has 0 radical (unpaired) electrons. The van der Waals surface area contributed by atoms with Gasteiger partial charge in [0, 0.05) is 26.3 Å². The van der Waals surface area contributed by atoms with Crippen molar-refractivity contribution in [3.63, 3.8) is 0 Å². The third-order valence-electron chi connectivity index (χ3n) is 11.0. The summed E-state index contributed by atoms with van der Waals surface area (Å²) in [4.78, 5) is 5.46. The third-order valence-corrected chi connectivity index (χ3v) is 12.1. The summed E-state index contributed by atoms with van der Waals surface area (Å²) in [5.41, 5.74) is 13.5. The highest BCUT2D eigenvalue weighted by Crippen LogP contribution is 2.49. The van der Waals surface area contributed by atoms with Gasteiger partial charge in [0.15, 0.2) is 5.65 Å². The van der Waals surface area contributed by atoms with Crippen LogP contribution >= 0.6 is 11.3 Å². The third kappa shape index (κ3) is 3.74. The van der Waals surface area contributed by atoms with Crippen LogP contribution in [-0.4, -0.2) is 9.38 Å². The van der Waals surface area contributed by atoms with Crippen LogP contribution in [0.25, 0.3) is 91.9 Å². The standard InChI is InChI=1S/C46H30N2S/c1-46(2)38-13-7-5-11-33(38)36-25-31(19-21-39(36)46)27-15-17-28(18-16-27)41-26-37-34-12-6-8-14-42(34)49-44(37)45-47-43-35-24-30-10-4-3-9-29(30)23-32(35)20-22-40(43)48(41)45/h3-26H,1-2H3. The Labute approximate surface area is 287 Å².